The number of carbonyl (C=O) groups excluding carboxylic acids is 3. The fourth-order valence-corrected chi connectivity index (χ4v) is 5.59. The maximum Gasteiger partial charge on any atom is 0.240 e. The highest BCUT2D eigenvalue weighted by atomic mass is 16.3. The zero-order valence-corrected chi connectivity index (χ0v) is 20.9. The second-order valence-corrected chi connectivity index (χ2v) is 10.1. The average molecular weight is 498 g/mol. The molecule has 7 nitrogen and oxygen atoms in total. The van der Waals surface area contributed by atoms with Gasteiger partial charge >= 0.3 is 0 Å². The smallest absolute Gasteiger partial charge is 0.240 e. The molecule has 0 radical (unpaired) electrons. The molecule has 0 bridgehead atoms. The predicted molar refractivity (Wildman–Crippen MR) is 139 cm³/mol. The Kier molecular flexibility index (Phi) is 6.89. The van der Waals surface area contributed by atoms with E-state index in [9.17, 15) is 19.5 Å². The van der Waals surface area contributed by atoms with Gasteiger partial charge in [0.15, 0.2) is 0 Å². The van der Waals surface area contributed by atoms with Crippen LogP contribution in [-0.4, -0.2) is 57.7 Å². The van der Waals surface area contributed by atoms with Gasteiger partial charge in [-0.2, -0.15) is 0 Å². The number of imide groups is 1. The third kappa shape index (κ3) is 4.79. The van der Waals surface area contributed by atoms with E-state index >= 15 is 0 Å². The van der Waals surface area contributed by atoms with Crippen LogP contribution in [0.2, 0.25) is 0 Å². The summed E-state index contributed by atoms with van der Waals surface area (Å²) in [6.45, 7) is 0.989. The first-order chi connectivity index (χ1) is 17.9. The number of nitrogens with zero attached hydrogens (tertiary/aromatic N) is 3. The molecule has 3 aromatic rings. The van der Waals surface area contributed by atoms with Crippen molar-refractivity contribution in [3.63, 3.8) is 0 Å². The maximum atomic E-state index is 13.5. The maximum absolute atomic E-state index is 13.5. The van der Waals surface area contributed by atoms with Crippen molar-refractivity contribution in [3.05, 3.63) is 90.3 Å². The minimum Gasteiger partial charge on any atom is -0.387 e. The van der Waals surface area contributed by atoms with E-state index in [1.807, 2.05) is 72.8 Å². The quantitative estimate of drug-likeness (QED) is 0.524. The fourth-order valence-electron chi connectivity index (χ4n) is 5.59. The van der Waals surface area contributed by atoms with Crippen molar-refractivity contribution in [2.75, 3.05) is 20.1 Å². The third-order valence-corrected chi connectivity index (χ3v) is 7.87. The van der Waals surface area contributed by atoms with E-state index in [-0.39, 0.29) is 36.5 Å². The number of aromatic nitrogens is 1. The van der Waals surface area contributed by atoms with Gasteiger partial charge in [0.2, 0.25) is 17.7 Å². The number of hydrogen-bond acceptors (Lipinski definition) is 5. The number of rotatable bonds is 6. The van der Waals surface area contributed by atoms with Gasteiger partial charge in [0.1, 0.15) is 0 Å². The van der Waals surface area contributed by atoms with Crippen LogP contribution in [-0.2, 0) is 19.8 Å². The van der Waals surface area contributed by atoms with E-state index in [2.05, 4.69) is 4.98 Å². The van der Waals surface area contributed by atoms with Crippen LogP contribution in [0, 0.1) is 5.92 Å². The Bertz CT molecular complexity index is 1270. The normalized spacial score (nSPS) is 21.4. The number of piperidine rings is 1. The third-order valence-electron chi connectivity index (χ3n) is 7.87. The summed E-state index contributed by atoms with van der Waals surface area (Å²) in [6.07, 6.45) is 2.22. The molecule has 0 aliphatic carbocycles. The molecule has 2 unspecified atom stereocenters. The highest BCUT2D eigenvalue weighted by Crippen LogP contribution is 2.41. The van der Waals surface area contributed by atoms with E-state index in [1.54, 1.807) is 11.1 Å². The Morgan fingerprint density at radius 1 is 0.973 bits per heavy atom. The zero-order chi connectivity index (χ0) is 26.0. The first-order valence-electron chi connectivity index (χ1n) is 12.7. The van der Waals surface area contributed by atoms with Crippen molar-refractivity contribution in [3.8, 4) is 11.1 Å². The summed E-state index contributed by atoms with van der Waals surface area (Å²) in [7, 11) is 1.49. The Morgan fingerprint density at radius 2 is 1.62 bits per heavy atom. The van der Waals surface area contributed by atoms with Crippen LogP contribution in [0.15, 0.2) is 79.0 Å². The van der Waals surface area contributed by atoms with Gasteiger partial charge in [-0.15, -0.1) is 0 Å². The summed E-state index contributed by atoms with van der Waals surface area (Å²) in [5.41, 5.74) is 2.18. The lowest BCUT2D eigenvalue weighted by molar-refractivity contribution is -0.142. The molecule has 37 heavy (non-hydrogen) atoms. The van der Waals surface area contributed by atoms with Gasteiger partial charge in [-0.1, -0.05) is 60.7 Å². The van der Waals surface area contributed by atoms with Crippen LogP contribution < -0.4 is 0 Å². The molecule has 0 saturated carbocycles. The van der Waals surface area contributed by atoms with Crippen LogP contribution in [0.4, 0.5) is 0 Å². The van der Waals surface area contributed by atoms with Crippen molar-refractivity contribution in [2.24, 2.45) is 5.92 Å². The summed E-state index contributed by atoms with van der Waals surface area (Å²) >= 11 is 0. The van der Waals surface area contributed by atoms with Gasteiger partial charge < -0.3 is 10.0 Å². The zero-order valence-electron chi connectivity index (χ0n) is 20.9. The SMILES string of the molecule is CN1C(=O)CC(CC(=O)N2CCC(C(O)c3ccccn3)CC2)(c2ccc(-c3ccccc3)cc2)C1=O. The minimum atomic E-state index is -1.21. The first kappa shape index (κ1) is 24.8. The Morgan fingerprint density at radius 3 is 2.22 bits per heavy atom. The topological polar surface area (TPSA) is 90.8 Å². The molecule has 2 aliphatic heterocycles. The van der Waals surface area contributed by atoms with Gasteiger partial charge in [-0.3, -0.25) is 24.3 Å². The van der Waals surface area contributed by atoms with Gasteiger partial charge in [0.05, 0.1) is 17.2 Å². The highest BCUT2D eigenvalue weighted by Gasteiger charge is 2.53. The van der Waals surface area contributed by atoms with Crippen LogP contribution in [0.25, 0.3) is 11.1 Å². The molecule has 2 atom stereocenters. The number of aliphatic hydroxyl groups is 1. The molecule has 3 heterocycles. The van der Waals surface area contributed by atoms with Gasteiger partial charge in [-0.05, 0) is 47.6 Å². The Balaban J connectivity index is 1.32. The molecule has 2 aliphatic rings. The number of carbonyl (C=O) groups is 3. The second kappa shape index (κ2) is 10.3. The van der Waals surface area contributed by atoms with Crippen LogP contribution in [0.1, 0.15) is 43.0 Å². The predicted octanol–water partition coefficient (Wildman–Crippen LogP) is 3.74. The molecule has 190 valence electrons. The van der Waals surface area contributed by atoms with Gasteiger partial charge in [-0.25, -0.2) is 0 Å². The van der Waals surface area contributed by atoms with E-state index in [1.165, 1.54) is 7.05 Å². The van der Waals surface area contributed by atoms with Crippen molar-refractivity contribution < 1.29 is 19.5 Å². The lowest BCUT2D eigenvalue weighted by atomic mass is 9.75. The molecule has 2 fully saturated rings. The van der Waals surface area contributed by atoms with E-state index in [0.717, 1.165) is 16.0 Å². The summed E-state index contributed by atoms with van der Waals surface area (Å²) in [4.78, 5) is 46.7. The largest absolute Gasteiger partial charge is 0.387 e. The lowest BCUT2D eigenvalue weighted by Crippen LogP contribution is -2.45. The number of likely N-dealkylation sites (N-methyl/N-ethyl adjacent to an activating group) is 1. The van der Waals surface area contributed by atoms with Crippen molar-refractivity contribution in [1.82, 2.24) is 14.8 Å². The number of amides is 3. The molecular weight excluding hydrogens is 466 g/mol. The standard InChI is InChI=1S/C30H31N3O4/c1-32-26(34)19-30(29(32)37,24-12-10-22(11-13-24)21-7-3-2-4-8-21)20-27(35)33-17-14-23(15-18-33)28(36)25-9-5-6-16-31-25/h2-13,16,23,28,36H,14-15,17-20H2,1H3. The summed E-state index contributed by atoms with van der Waals surface area (Å²) in [5, 5.41) is 10.7. The second-order valence-electron chi connectivity index (χ2n) is 10.1. The number of hydrogen-bond donors (Lipinski definition) is 1. The molecule has 5 rings (SSSR count). The first-order valence-corrected chi connectivity index (χ1v) is 12.7. The minimum absolute atomic E-state index is 0.0132. The molecule has 2 aromatic carbocycles. The van der Waals surface area contributed by atoms with E-state index < -0.39 is 11.5 Å². The van der Waals surface area contributed by atoms with E-state index in [0.29, 0.717) is 37.2 Å². The van der Waals surface area contributed by atoms with Crippen LogP contribution >= 0.6 is 0 Å². The van der Waals surface area contributed by atoms with Crippen molar-refractivity contribution in [2.45, 2.75) is 37.2 Å². The molecule has 1 N–H and O–H groups in total. The fraction of sp³-hybridized carbons (Fsp3) is 0.333. The van der Waals surface area contributed by atoms with Crippen molar-refractivity contribution >= 4 is 17.7 Å². The molecule has 3 amide bonds. The van der Waals surface area contributed by atoms with E-state index in [4.69, 9.17) is 0 Å². The van der Waals surface area contributed by atoms with Crippen LogP contribution in [0.3, 0.4) is 0 Å². The summed E-state index contributed by atoms with van der Waals surface area (Å²) < 4.78 is 0. The molecular formula is C30H31N3O4. The molecule has 2 saturated heterocycles. The molecule has 7 heteroatoms. The Labute approximate surface area is 216 Å². The van der Waals surface area contributed by atoms with Gasteiger partial charge in [0, 0.05) is 39.2 Å². The van der Waals surface area contributed by atoms with Crippen LogP contribution in [0.5, 0.6) is 0 Å². The monoisotopic (exact) mass is 497 g/mol. The number of benzene rings is 2. The number of likely N-dealkylation sites (tertiary alicyclic amines) is 2. The number of pyridine rings is 1. The summed E-state index contributed by atoms with van der Waals surface area (Å²) in [6, 6.07) is 23.0. The van der Waals surface area contributed by atoms with Gasteiger partial charge in [0.25, 0.3) is 0 Å². The Hall–Kier alpha value is -3.84. The molecule has 0 spiro atoms. The summed E-state index contributed by atoms with van der Waals surface area (Å²) in [5.74, 6) is -0.741. The average Bonchev–Trinajstić information content (AvgIpc) is 3.17. The number of aliphatic hydroxyl groups excluding tert-OH is 1. The lowest BCUT2D eigenvalue weighted by Gasteiger charge is -2.36. The highest BCUT2D eigenvalue weighted by molar-refractivity contribution is 6.10. The molecule has 1 aromatic heterocycles. The van der Waals surface area contributed by atoms with Crippen molar-refractivity contribution in [1.29, 1.82) is 0 Å².